The summed E-state index contributed by atoms with van der Waals surface area (Å²) in [7, 11) is -13.2. The summed E-state index contributed by atoms with van der Waals surface area (Å²) in [6, 6.07) is 8.66. The van der Waals surface area contributed by atoms with E-state index >= 15 is 4.39 Å². The minimum atomic E-state index is -5.65. The Bertz CT molecular complexity index is 3840. The molecule has 476 valence electrons. The number of pyridine rings is 2. The number of unbranched alkanes of at least 4 members (excludes halogenated alkanes) is 7. The van der Waals surface area contributed by atoms with Crippen molar-refractivity contribution in [1.82, 2.24) is 40.4 Å². The standard InChI is InChI=1S/C58H74F2N10O14P2S2/c1-35-51(87-34-66-35)37-18-16-36(17-19-37)27-65-55(73)47-25-41(83-86(78,79)84-85(76,77)82-22-20-61)31-70(47)57(75)52(58(2,3)4)67-48(71)15-13-11-9-7-8-10-12-14-21-62-54(72)42-26-46-43(23-38(42)33-88(6,80)81)44-32-68(5)56(74)50-49(44)39(28-63-50)30-69(46)53-45(60)24-40(59)29-64-53/h16-19,23-24,26,28-29,32,34,41,47,52,63H,7-15,20-22,25,27,30-31,33,61H2,1-6H3,(H,62,72)(H,65,73)(H,67,71)(H,76,77)(H,78,79)/p-2/t41-,47+,52-/m1/s1. The van der Waals surface area contributed by atoms with Crippen molar-refractivity contribution in [1.29, 1.82) is 0 Å². The number of phosphoric acid groups is 2. The molecule has 88 heavy (non-hydrogen) atoms. The van der Waals surface area contributed by atoms with E-state index in [9.17, 15) is 55.7 Å². The molecule has 1 fully saturated rings. The Morgan fingerprint density at radius 1 is 0.955 bits per heavy atom. The van der Waals surface area contributed by atoms with E-state index in [2.05, 4.69) is 39.7 Å². The molecule has 0 radical (unpaired) electrons. The van der Waals surface area contributed by atoms with Crippen LogP contribution in [0.25, 0.3) is 32.5 Å². The van der Waals surface area contributed by atoms with Crippen molar-refractivity contribution in [3.8, 4) is 21.6 Å². The second-order valence-corrected chi connectivity index (χ2v) is 29.0. The van der Waals surface area contributed by atoms with Crippen molar-refractivity contribution in [2.45, 2.75) is 129 Å². The van der Waals surface area contributed by atoms with Crippen LogP contribution in [-0.4, -0.2) is 107 Å². The first-order valence-electron chi connectivity index (χ1n) is 28.7. The molecular formula is C58H72F2N10O14P2S2-2. The summed E-state index contributed by atoms with van der Waals surface area (Å²) < 4.78 is 95.7. The van der Waals surface area contributed by atoms with Crippen molar-refractivity contribution in [2.75, 3.05) is 37.4 Å². The first-order chi connectivity index (χ1) is 41.5. The average Bonchev–Trinajstić information content (AvgIpc) is 1.83. The van der Waals surface area contributed by atoms with E-state index in [-0.39, 0.29) is 72.7 Å². The summed E-state index contributed by atoms with van der Waals surface area (Å²) >= 11 is 1.49. The predicted octanol–water partition coefficient (Wildman–Crippen LogP) is 6.84. The molecule has 5 atom stereocenters. The van der Waals surface area contributed by atoms with Gasteiger partial charge in [-0.1, -0.05) is 83.6 Å². The van der Waals surface area contributed by atoms with Gasteiger partial charge in [-0.05, 0) is 59.6 Å². The molecule has 8 rings (SSSR count). The van der Waals surface area contributed by atoms with Crippen molar-refractivity contribution < 1.29 is 68.7 Å². The van der Waals surface area contributed by atoms with Gasteiger partial charge < -0.3 is 59.9 Å². The van der Waals surface area contributed by atoms with E-state index in [1.165, 1.54) is 26.9 Å². The number of carbonyl (C=O) groups is 4. The van der Waals surface area contributed by atoms with Crippen LogP contribution in [0.3, 0.4) is 0 Å². The molecule has 4 amide bonds. The number of hydrogen-bond donors (Lipinski definition) is 5. The molecule has 0 bridgehead atoms. The second-order valence-electron chi connectivity index (χ2n) is 23.1. The Hall–Kier alpha value is -6.58. The van der Waals surface area contributed by atoms with Crippen LogP contribution in [0.2, 0.25) is 0 Å². The van der Waals surface area contributed by atoms with Gasteiger partial charge in [-0.3, -0.25) is 33.1 Å². The van der Waals surface area contributed by atoms with E-state index in [4.69, 9.17) is 10.3 Å². The Balaban J connectivity index is 0.830. The number of halogens is 2. The Kier molecular flexibility index (Phi) is 21.8. The van der Waals surface area contributed by atoms with Crippen LogP contribution >= 0.6 is 27.0 Å². The predicted molar refractivity (Wildman–Crippen MR) is 323 cm³/mol. The number of nitrogens with zero attached hydrogens (tertiary/aromatic N) is 5. The third-order valence-electron chi connectivity index (χ3n) is 15.1. The fourth-order valence-electron chi connectivity index (χ4n) is 10.9. The highest BCUT2D eigenvalue weighted by Crippen LogP contribution is 2.57. The molecule has 4 aromatic heterocycles. The van der Waals surface area contributed by atoms with Gasteiger partial charge in [-0.25, -0.2) is 31.5 Å². The number of benzene rings is 2. The van der Waals surface area contributed by atoms with Gasteiger partial charge in [0.2, 0.25) is 17.7 Å². The second kappa shape index (κ2) is 28.5. The molecule has 1 saturated heterocycles. The maximum atomic E-state index is 15.6. The fourth-order valence-corrected chi connectivity index (χ4v) is 14.6. The number of thiazole rings is 1. The highest BCUT2D eigenvalue weighted by molar-refractivity contribution is 7.89. The van der Waals surface area contributed by atoms with Crippen LogP contribution in [-0.2, 0) is 72.6 Å². The number of sulfone groups is 1. The van der Waals surface area contributed by atoms with Crippen LogP contribution in [0.1, 0.15) is 118 Å². The lowest BCUT2D eigenvalue weighted by Gasteiger charge is -2.35. The summed E-state index contributed by atoms with van der Waals surface area (Å²) in [5.74, 6) is -4.96. The van der Waals surface area contributed by atoms with Crippen LogP contribution in [0.15, 0.2) is 71.4 Å². The Labute approximate surface area is 512 Å². The molecule has 24 nitrogen and oxygen atoms in total. The number of H-pyrrole nitrogens is 1. The lowest BCUT2D eigenvalue weighted by Crippen LogP contribution is -2.57. The van der Waals surface area contributed by atoms with Crippen molar-refractivity contribution >= 4 is 82.9 Å². The molecule has 6 aromatic rings. The summed E-state index contributed by atoms with van der Waals surface area (Å²) in [6.07, 6.45) is 9.27. The number of amides is 4. The van der Waals surface area contributed by atoms with Gasteiger partial charge in [-0.2, -0.15) is 0 Å². The quantitative estimate of drug-likeness (QED) is 0.0248. The third kappa shape index (κ3) is 17.0. The number of rotatable bonds is 28. The number of aromatic nitrogens is 4. The molecule has 2 aromatic carbocycles. The molecule has 2 aliphatic heterocycles. The van der Waals surface area contributed by atoms with E-state index in [0.717, 1.165) is 71.2 Å². The molecule has 2 aliphatic rings. The SMILES string of the molecule is Cc1ncsc1-c1ccc(CNC(=O)[C@@H]2C[C@@H](OP(=O)([O-])OP(=O)([O-])OCCN)CN2C(=O)[C@@H](NC(=O)CCCCCCCCCCNC(=O)c2cc3c(cc2CS(C)(=O)=O)-c2cn(C)c(=O)c4[nH]cc(c24)CN3c2ncc(F)cc2F)C(C)(C)C)cc1. The van der Waals surface area contributed by atoms with Gasteiger partial charge in [0.15, 0.2) is 21.5 Å². The number of carbonyl (C=O) groups excluding carboxylic acids is 4. The van der Waals surface area contributed by atoms with Crippen molar-refractivity contribution in [3.63, 3.8) is 0 Å². The number of aromatic amines is 1. The number of anilines is 2. The van der Waals surface area contributed by atoms with Gasteiger partial charge in [0.1, 0.15) is 23.4 Å². The topological polar surface area (TPSA) is 343 Å². The minimum Gasteiger partial charge on any atom is -0.756 e. The molecule has 6 N–H and O–H groups in total. The first kappa shape index (κ1) is 67.4. The molecule has 2 unspecified atom stereocenters. The molecule has 6 heterocycles. The van der Waals surface area contributed by atoms with E-state index in [0.29, 0.717) is 47.4 Å². The van der Waals surface area contributed by atoms with E-state index < -0.39 is 103 Å². The largest absolute Gasteiger partial charge is 0.756 e. The molecule has 0 spiro atoms. The van der Waals surface area contributed by atoms with E-state index in [1.807, 2.05) is 31.2 Å². The zero-order valence-electron chi connectivity index (χ0n) is 49.6. The van der Waals surface area contributed by atoms with Gasteiger partial charge in [-0.15, -0.1) is 11.3 Å². The number of phosphoric ester groups is 2. The van der Waals surface area contributed by atoms with Crippen molar-refractivity contribution in [2.24, 2.45) is 18.2 Å². The van der Waals surface area contributed by atoms with E-state index in [1.54, 1.807) is 51.8 Å². The zero-order valence-corrected chi connectivity index (χ0v) is 53.0. The summed E-state index contributed by atoms with van der Waals surface area (Å²) in [6.45, 7) is 6.03. The molecule has 0 aliphatic carbocycles. The summed E-state index contributed by atoms with van der Waals surface area (Å²) in [4.78, 5) is 109. The number of likely N-dealkylation sites (tertiary alicyclic amines) is 1. The molecule has 0 saturated carbocycles. The Morgan fingerprint density at radius 2 is 1.65 bits per heavy atom. The van der Waals surface area contributed by atoms with Crippen LogP contribution in [0.4, 0.5) is 20.3 Å². The van der Waals surface area contributed by atoms with Gasteiger partial charge in [0.25, 0.3) is 27.1 Å². The number of nitrogens with two attached hydrogens (primary N) is 1. The minimum absolute atomic E-state index is 0.0342. The summed E-state index contributed by atoms with van der Waals surface area (Å²) in [5, 5.41) is 9.09. The number of aryl methyl sites for hydroxylation is 2. The highest BCUT2D eigenvalue weighted by atomic mass is 32.2. The zero-order chi connectivity index (χ0) is 63.9. The van der Waals surface area contributed by atoms with Crippen LogP contribution in [0.5, 0.6) is 0 Å². The van der Waals surface area contributed by atoms with Crippen LogP contribution in [0, 0.1) is 24.0 Å². The smallest absolute Gasteiger partial charge is 0.274 e. The van der Waals surface area contributed by atoms with Crippen LogP contribution < -0.4 is 41.9 Å². The first-order valence-corrected chi connectivity index (χ1v) is 34.5. The number of nitrogens with one attached hydrogen (secondary N) is 4. The Morgan fingerprint density at radius 3 is 2.30 bits per heavy atom. The molecular weight excluding hydrogens is 1220 g/mol. The lowest BCUT2D eigenvalue weighted by molar-refractivity contribution is -0.245. The van der Waals surface area contributed by atoms with Gasteiger partial charge in [0, 0.05) is 92.9 Å². The fraction of sp³-hybridized carbons (Fsp3) is 0.466. The van der Waals surface area contributed by atoms with Gasteiger partial charge >= 0.3 is 0 Å². The molecule has 30 heteroatoms. The van der Waals surface area contributed by atoms with Crippen molar-refractivity contribution in [3.05, 3.63) is 117 Å². The maximum Gasteiger partial charge on any atom is 0.274 e. The monoisotopic (exact) mass is 1300 g/mol. The highest BCUT2D eigenvalue weighted by Gasteiger charge is 2.46. The maximum absolute atomic E-state index is 15.6. The third-order valence-corrected chi connectivity index (χ3v) is 19.6. The normalized spacial score (nSPS) is 16.8. The lowest BCUT2D eigenvalue weighted by atomic mass is 9.85. The number of hydrogen-bond acceptors (Lipinski definition) is 19. The average molecular weight is 1300 g/mol. The van der Waals surface area contributed by atoms with Gasteiger partial charge in [0.05, 0.1) is 53.0 Å². The summed E-state index contributed by atoms with van der Waals surface area (Å²) in [5.41, 5.74) is 10.6. The number of fused-ring (bicyclic) bond motifs is 2.